The van der Waals surface area contributed by atoms with Crippen LogP contribution < -0.4 is 0 Å². The Morgan fingerprint density at radius 3 is 2.53 bits per heavy atom. The molecule has 15 heavy (non-hydrogen) atoms. The number of rotatable bonds is 2. The first-order valence-corrected chi connectivity index (χ1v) is 9.92. The number of hydrogen-bond acceptors (Lipinski definition) is 3. The molecule has 3 nitrogen and oxygen atoms in total. The van der Waals surface area contributed by atoms with Gasteiger partial charge < -0.3 is 0 Å². The van der Waals surface area contributed by atoms with Crippen LogP contribution in [0.5, 0.6) is 0 Å². The van der Waals surface area contributed by atoms with Crippen molar-refractivity contribution in [2.75, 3.05) is 6.26 Å². The quantitative estimate of drug-likeness (QED) is 0.752. The molecular formula is C9H15FN2OSSi. The number of pyridine rings is 1. The molecule has 0 bridgehead atoms. The Hall–Kier alpha value is -0.753. The lowest BCUT2D eigenvalue weighted by molar-refractivity contribution is 0.588. The van der Waals surface area contributed by atoms with Gasteiger partial charge in [-0.2, -0.15) is 0 Å². The molecule has 1 heterocycles. The molecule has 0 N–H and O–H groups in total. The highest BCUT2D eigenvalue weighted by atomic mass is 32.2. The molecule has 1 rings (SSSR count). The van der Waals surface area contributed by atoms with Gasteiger partial charge in [-0.1, -0.05) is 0 Å². The van der Waals surface area contributed by atoms with E-state index in [9.17, 15) is 8.60 Å². The zero-order valence-corrected chi connectivity index (χ0v) is 11.1. The minimum absolute atomic E-state index is 0.153. The third-order valence-electron chi connectivity index (χ3n) is 1.59. The molecule has 0 aliphatic rings. The van der Waals surface area contributed by atoms with Crippen LogP contribution >= 0.6 is 0 Å². The summed E-state index contributed by atoms with van der Waals surface area (Å²) in [6.07, 6.45) is 3.98. The van der Waals surface area contributed by atoms with Gasteiger partial charge in [0.2, 0.25) is 0 Å². The van der Waals surface area contributed by atoms with Crippen molar-refractivity contribution < 1.29 is 8.60 Å². The summed E-state index contributed by atoms with van der Waals surface area (Å²) in [5.41, 5.74) is 0. The summed E-state index contributed by atoms with van der Waals surface area (Å²) >= 11 is 0. The van der Waals surface area contributed by atoms with Crippen LogP contribution in [0.15, 0.2) is 27.4 Å². The summed E-state index contributed by atoms with van der Waals surface area (Å²) in [4.78, 5) is 3.78. The van der Waals surface area contributed by atoms with Crippen molar-refractivity contribution in [2.45, 2.75) is 24.5 Å². The molecule has 0 fully saturated rings. The van der Waals surface area contributed by atoms with Gasteiger partial charge in [0.1, 0.15) is 0 Å². The van der Waals surface area contributed by atoms with E-state index in [1.807, 2.05) is 19.6 Å². The largest absolute Gasteiger partial charge is 0.274 e. The van der Waals surface area contributed by atoms with Gasteiger partial charge >= 0.3 is 0 Å². The maximum atomic E-state index is 13.4. The molecule has 0 saturated heterocycles. The monoisotopic (exact) mass is 246 g/mol. The summed E-state index contributed by atoms with van der Waals surface area (Å²) in [7, 11) is -4.46. The maximum Gasteiger partial charge on any atom is 0.185 e. The van der Waals surface area contributed by atoms with Crippen molar-refractivity contribution in [1.29, 1.82) is 0 Å². The standard InChI is InChI=1S/C9H15FN2OSSi/c1-14(13,12-15(2,3)4)9-5-6-11-7-8(9)10/h5-7H,1-4H3. The Bertz CT molecular complexity index is 475. The fourth-order valence-electron chi connectivity index (χ4n) is 1.24. The van der Waals surface area contributed by atoms with Gasteiger partial charge in [-0.15, -0.1) is 0 Å². The van der Waals surface area contributed by atoms with Crippen molar-refractivity contribution in [3.63, 3.8) is 0 Å². The fraction of sp³-hybridized carbons (Fsp3) is 0.444. The molecule has 6 heteroatoms. The minimum Gasteiger partial charge on any atom is -0.274 e. The Balaban J connectivity index is 3.36. The second kappa shape index (κ2) is 4.01. The van der Waals surface area contributed by atoms with E-state index in [2.05, 4.69) is 9.01 Å². The van der Waals surface area contributed by atoms with Gasteiger partial charge in [0, 0.05) is 12.5 Å². The van der Waals surface area contributed by atoms with E-state index in [0.29, 0.717) is 0 Å². The first-order valence-electron chi connectivity index (χ1n) is 4.55. The normalized spacial score (nSPS) is 15.8. The first-order chi connectivity index (χ1) is 6.72. The third-order valence-corrected chi connectivity index (χ3v) is 6.32. The van der Waals surface area contributed by atoms with Gasteiger partial charge in [-0.25, -0.2) is 8.60 Å². The van der Waals surface area contributed by atoms with Crippen molar-refractivity contribution in [3.8, 4) is 0 Å². The molecule has 1 aromatic rings. The van der Waals surface area contributed by atoms with Crippen LogP contribution in [0.2, 0.25) is 19.6 Å². The van der Waals surface area contributed by atoms with Gasteiger partial charge in [0.25, 0.3) is 0 Å². The van der Waals surface area contributed by atoms with Crippen molar-refractivity contribution in [3.05, 3.63) is 24.3 Å². The lowest BCUT2D eigenvalue weighted by Gasteiger charge is -2.13. The zero-order valence-electron chi connectivity index (χ0n) is 9.32. The van der Waals surface area contributed by atoms with Gasteiger partial charge in [-0.3, -0.25) is 9.01 Å². The van der Waals surface area contributed by atoms with Crippen LogP contribution in [-0.4, -0.2) is 23.7 Å². The Morgan fingerprint density at radius 2 is 2.07 bits per heavy atom. The molecule has 0 aliphatic heterocycles. The zero-order chi connectivity index (χ0) is 11.7. The topological polar surface area (TPSA) is 42.3 Å². The summed E-state index contributed by atoms with van der Waals surface area (Å²) < 4.78 is 29.9. The highest BCUT2D eigenvalue weighted by molar-refractivity contribution is 7.93. The highest BCUT2D eigenvalue weighted by Crippen LogP contribution is 2.17. The number of nitrogens with zero attached hydrogens (tertiary/aromatic N) is 2. The number of hydrogen-bond donors (Lipinski definition) is 0. The van der Waals surface area contributed by atoms with Gasteiger partial charge in [0.05, 0.1) is 20.8 Å². The lowest BCUT2D eigenvalue weighted by atomic mass is 10.5. The summed E-state index contributed by atoms with van der Waals surface area (Å²) in [6.45, 7) is 5.90. The average Bonchev–Trinajstić information content (AvgIpc) is 1.99. The number of halogens is 1. The molecule has 0 aromatic carbocycles. The van der Waals surface area contributed by atoms with Crippen LogP contribution in [0.25, 0.3) is 0 Å². The SMILES string of the molecule is C[Si](C)(C)N=S(C)(=O)c1ccncc1F. The van der Waals surface area contributed by atoms with E-state index < -0.39 is 23.8 Å². The Kier molecular flexibility index (Phi) is 3.30. The summed E-state index contributed by atoms with van der Waals surface area (Å²) in [5, 5.41) is 0. The van der Waals surface area contributed by atoms with E-state index in [0.717, 1.165) is 6.20 Å². The second-order valence-electron chi connectivity index (χ2n) is 4.37. The molecule has 0 amide bonds. The molecule has 1 unspecified atom stereocenters. The Labute approximate surface area is 91.0 Å². The second-order valence-corrected chi connectivity index (χ2v) is 11.5. The van der Waals surface area contributed by atoms with Crippen LogP contribution in [0.4, 0.5) is 4.39 Å². The third kappa shape index (κ3) is 3.39. The van der Waals surface area contributed by atoms with E-state index in [4.69, 9.17) is 0 Å². The summed E-state index contributed by atoms with van der Waals surface area (Å²) in [5.74, 6) is -0.549. The lowest BCUT2D eigenvalue weighted by Crippen LogP contribution is -2.20. The first kappa shape index (κ1) is 12.3. The van der Waals surface area contributed by atoms with Crippen LogP contribution in [-0.2, 0) is 9.73 Å². The molecule has 0 saturated carbocycles. The molecule has 1 atom stereocenters. The van der Waals surface area contributed by atoms with E-state index in [1.165, 1.54) is 18.5 Å². The van der Waals surface area contributed by atoms with E-state index >= 15 is 0 Å². The number of aromatic nitrogens is 1. The van der Waals surface area contributed by atoms with Gasteiger partial charge in [-0.05, 0) is 25.7 Å². The Morgan fingerprint density at radius 1 is 1.47 bits per heavy atom. The van der Waals surface area contributed by atoms with Gasteiger partial charge in [0.15, 0.2) is 14.1 Å². The van der Waals surface area contributed by atoms with Crippen LogP contribution in [0.3, 0.4) is 0 Å². The van der Waals surface area contributed by atoms with Crippen LogP contribution in [0.1, 0.15) is 0 Å². The maximum absolute atomic E-state index is 13.4. The average molecular weight is 246 g/mol. The van der Waals surface area contributed by atoms with Crippen molar-refractivity contribution >= 4 is 18.0 Å². The predicted molar refractivity (Wildman–Crippen MR) is 62.3 cm³/mol. The highest BCUT2D eigenvalue weighted by Gasteiger charge is 2.18. The van der Waals surface area contributed by atoms with E-state index in [-0.39, 0.29) is 4.90 Å². The molecule has 0 aliphatic carbocycles. The van der Waals surface area contributed by atoms with Crippen LogP contribution in [0, 0.1) is 5.82 Å². The minimum atomic E-state index is -2.63. The van der Waals surface area contributed by atoms with Crippen molar-refractivity contribution in [1.82, 2.24) is 4.98 Å². The fourth-order valence-corrected chi connectivity index (χ4v) is 6.54. The molecule has 0 spiro atoms. The van der Waals surface area contributed by atoms with Crippen molar-refractivity contribution in [2.24, 2.45) is 4.03 Å². The molecule has 1 aromatic heterocycles. The predicted octanol–water partition coefficient (Wildman–Crippen LogP) is 2.51. The van der Waals surface area contributed by atoms with E-state index in [1.54, 1.807) is 0 Å². The molecular weight excluding hydrogens is 231 g/mol. The summed E-state index contributed by atoms with van der Waals surface area (Å²) in [6, 6.07) is 1.43. The smallest absolute Gasteiger partial charge is 0.185 e. The molecule has 0 radical (unpaired) electrons. The molecule has 84 valence electrons.